The number of carboxylic acid groups (broad SMARTS) is 4. The van der Waals surface area contributed by atoms with E-state index in [-0.39, 0.29) is 134 Å². The van der Waals surface area contributed by atoms with Crippen molar-refractivity contribution >= 4 is 65.0 Å². The molecule has 0 aromatic rings. The minimum atomic E-state index is -1.39. The molecule has 0 aromatic carbocycles. The van der Waals surface area contributed by atoms with Crippen molar-refractivity contribution in [2.24, 2.45) is 17.6 Å². The lowest BCUT2D eigenvalue weighted by atomic mass is 9.97. The third-order valence-electron chi connectivity index (χ3n) is 13.0. The Kier molecular flexibility index (Phi) is 46.0. The van der Waals surface area contributed by atoms with Gasteiger partial charge in [0.25, 0.3) is 0 Å². The van der Waals surface area contributed by atoms with Crippen LogP contribution in [0.3, 0.4) is 0 Å². The second-order valence-corrected chi connectivity index (χ2v) is 19.8. The highest BCUT2D eigenvalue weighted by molar-refractivity contribution is 5.87. The summed E-state index contributed by atoms with van der Waals surface area (Å²) >= 11 is 0. The summed E-state index contributed by atoms with van der Waals surface area (Å²) in [6, 6.07) is -2.53. The zero-order valence-electron chi connectivity index (χ0n) is 46.9. The van der Waals surface area contributed by atoms with E-state index in [4.69, 9.17) is 29.8 Å². The van der Waals surface area contributed by atoms with Gasteiger partial charge < -0.3 is 66.4 Å². The molecule has 0 rings (SSSR count). The lowest BCUT2D eigenvalue weighted by molar-refractivity contribution is -0.145. The molecule has 4 atom stereocenters. The number of rotatable bonds is 57. The molecule has 0 saturated carbocycles. The molecule has 0 aliphatic carbocycles. The Bertz CT molecular complexity index is 1790. The van der Waals surface area contributed by atoms with Gasteiger partial charge >= 0.3 is 23.9 Å². The number of aliphatic carboxylic acids is 4. The van der Waals surface area contributed by atoms with Crippen molar-refractivity contribution < 1.29 is 92.1 Å². The molecular weight excluding hydrogens is 1030 g/mol. The normalized spacial score (nSPS) is 12.6. The molecule has 0 saturated heterocycles. The predicted molar refractivity (Wildman–Crippen MR) is 289 cm³/mol. The van der Waals surface area contributed by atoms with Crippen molar-refractivity contribution in [3.8, 4) is 0 Å². The summed E-state index contributed by atoms with van der Waals surface area (Å²) in [5.74, 6) is -8.99. The van der Waals surface area contributed by atoms with Gasteiger partial charge in [0, 0.05) is 70.6 Å². The largest absolute Gasteiger partial charge is 0.481 e. The Morgan fingerprint density at radius 1 is 0.392 bits per heavy atom. The van der Waals surface area contributed by atoms with Crippen LogP contribution in [-0.4, -0.2) is 163 Å². The number of ether oxygens (including phenoxy) is 4. The summed E-state index contributed by atoms with van der Waals surface area (Å²) in [6.45, 7) is 2.48. The van der Waals surface area contributed by atoms with Crippen LogP contribution in [0.25, 0.3) is 0 Å². The average molecular weight is 1130 g/mol. The number of ketones is 2. The zero-order valence-corrected chi connectivity index (χ0v) is 46.9. The van der Waals surface area contributed by atoms with Crippen molar-refractivity contribution in [1.29, 1.82) is 0 Å². The van der Waals surface area contributed by atoms with E-state index in [1.165, 1.54) is 32.1 Å². The SMILES string of the molecule is CC[C@@H](CCCCNC(=O)CC[C@H](NC(=O)CC[C@H](CC(=O)COCCOCCNC(=O)COCCOCCCC(=O)CC[C@H](NC(=O)CCCCCCCCCCCCCCCCC(=O)O)C(=O)O)C(=O)O)C(=O)O)C(N)=O. The summed E-state index contributed by atoms with van der Waals surface area (Å²) in [5, 5.41) is 47.5. The smallest absolute Gasteiger partial charge is 0.326 e. The molecule has 0 bridgehead atoms. The molecule has 24 nitrogen and oxygen atoms in total. The number of carbonyl (C=O) groups is 11. The molecule has 0 aromatic heterocycles. The van der Waals surface area contributed by atoms with E-state index < -0.39 is 78.4 Å². The first-order chi connectivity index (χ1) is 37.9. The summed E-state index contributed by atoms with van der Waals surface area (Å²) in [7, 11) is 0. The van der Waals surface area contributed by atoms with Crippen LogP contribution in [0.2, 0.25) is 0 Å². The molecule has 0 unspecified atom stereocenters. The second-order valence-electron chi connectivity index (χ2n) is 19.8. The number of carbonyl (C=O) groups excluding carboxylic acids is 7. The van der Waals surface area contributed by atoms with Crippen molar-refractivity contribution in [3.05, 3.63) is 0 Å². The van der Waals surface area contributed by atoms with Crippen LogP contribution in [0.5, 0.6) is 0 Å². The van der Waals surface area contributed by atoms with Gasteiger partial charge in [-0.15, -0.1) is 0 Å². The van der Waals surface area contributed by atoms with Crippen LogP contribution in [0.1, 0.15) is 193 Å². The van der Waals surface area contributed by atoms with E-state index in [1.807, 2.05) is 6.92 Å². The molecule has 0 fully saturated rings. The topological polar surface area (TPSA) is 380 Å². The third kappa shape index (κ3) is 45.9. The first-order valence-electron chi connectivity index (χ1n) is 28.5. The number of primary amides is 1. The molecule has 454 valence electrons. The number of carboxylic acids is 4. The van der Waals surface area contributed by atoms with Crippen molar-refractivity contribution in [1.82, 2.24) is 21.3 Å². The number of hydrogen-bond acceptors (Lipinski definition) is 15. The number of hydrogen-bond donors (Lipinski definition) is 9. The van der Waals surface area contributed by atoms with Crippen LogP contribution in [0.4, 0.5) is 0 Å². The van der Waals surface area contributed by atoms with Crippen LogP contribution in [0.15, 0.2) is 0 Å². The van der Waals surface area contributed by atoms with Gasteiger partial charge in [-0.3, -0.25) is 43.2 Å². The summed E-state index contributed by atoms with van der Waals surface area (Å²) in [4.78, 5) is 131. The van der Waals surface area contributed by atoms with Crippen molar-refractivity contribution in [2.75, 3.05) is 65.9 Å². The molecule has 0 spiro atoms. The number of unbranched alkanes of at least 4 members (excludes halogenated alkanes) is 14. The van der Waals surface area contributed by atoms with Crippen LogP contribution >= 0.6 is 0 Å². The molecule has 0 radical (unpaired) electrons. The van der Waals surface area contributed by atoms with Gasteiger partial charge in [-0.1, -0.05) is 90.4 Å². The van der Waals surface area contributed by atoms with Crippen LogP contribution in [0, 0.1) is 11.8 Å². The number of nitrogens with one attached hydrogen (secondary N) is 4. The van der Waals surface area contributed by atoms with E-state index >= 15 is 0 Å². The first kappa shape index (κ1) is 73.4. The van der Waals surface area contributed by atoms with Crippen LogP contribution in [-0.2, 0) is 71.7 Å². The fourth-order valence-electron chi connectivity index (χ4n) is 8.24. The molecule has 0 aliphatic rings. The lowest BCUT2D eigenvalue weighted by Crippen LogP contribution is -2.42. The van der Waals surface area contributed by atoms with E-state index in [1.54, 1.807) is 0 Å². The highest BCUT2D eigenvalue weighted by Crippen LogP contribution is 2.16. The van der Waals surface area contributed by atoms with E-state index in [0.717, 1.165) is 51.4 Å². The van der Waals surface area contributed by atoms with E-state index in [2.05, 4.69) is 21.3 Å². The highest BCUT2D eigenvalue weighted by atomic mass is 16.5. The van der Waals surface area contributed by atoms with Crippen molar-refractivity contribution in [3.63, 3.8) is 0 Å². The minimum Gasteiger partial charge on any atom is -0.481 e. The predicted octanol–water partition coefficient (Wildman–Crippen LogP) is 4.78. The zero-order chi connectivity index (χ0) is 58.9. The lowest BCUT2D eigenvalue weighted by Gasteiger charge is -2.16. The van der Waals surface area contributed by atoms with Gasteiger partial charge in [-0.2, -0.15) is 0 Å². The Morgan fingerprint density at radius 3 is 1.41 bits per heavy atom. The first-order valence-corrected chi connectivity index (χ1v) is 28.5. The summed E-state index contributed by atoms with van der Waals surface area (Å²) in [5.41, 5.74) is 5.33. The van der Waals surface area contributed by atoms with Gasteiger partial charge in [-0.05, 0) is 57.8 Å². The highest BCUT2D eigenvalue weighted by Gasteiger charge is 2.26. The maximum atomic E-state index is 12.5. The number of nitrogens with two attached hydrogens (primary N) is 1. The molecule has 0 heterocycles. The fraction of sp³-hybridized carbons (Fsp3) is 0.800. The Hall–Kier alpha value is -5.59. The Morgan fingerprint density at radius 2 is 0.873 bits per heavy atom. The maximum absolute atomic E-state index is 12.5. The molecule has 10 N–H and O–H groups in total. The molecule has 24 heteroatoms. The fourth-order valence-corrected chi connectivity index (χ4v) is 8.24. The average Bonchev–Trinajstić information content (AvgIpc) is 3.39. The molecule has 0 aliphatic heterocycles. The Balaban J connectivity index is 3.97. The van der Waals surface area contributed by atoms with Gasteiger partial charge in [-0.25, -0.2) is 9.59 Å². The molecule has 5 amide bonds. The standard InChI is InChI=1S/C55H95N5O19/c1-2-41(52(56)69)20-17-18-30-57-47(63)29-27-46(55(74)75)60-49(65)28-24-42(53(70)71)38-44(62)39-78-36-35-77-33-31-58-50(66)40-79-37-34-76-32-19-21-43(61)25-26-45(54(72)73)59-48(64)22-15-13-11-9-7-5-3-4-6-8-10-12-14-16-23-51(67)68/h41-42,45-46H,2-40H2,1H3,(H2,56,69)(H,57,63)(H,58,66)(H,59,64)(H,60,65)(H,67,68)(H,70,71)(H,72,73)(H,74,75)/t41-,42+,45-,46-/m0/s1. The number of Topliss-reactive ketones (excluding diaryl/α,β-unsaturated/α-hetero) is 2. The monoisotopic (exact) mass is 1130 g/mol. The summed E-state index contributed by atoms with van der Waals surface area (Å²) < 4.78 is 21.4. The molecular formula is C55H95N5O19. The van der Waals surface area contributed by atoms with E-state index in [0.29, 0.717) is 45.1 Å². The number of amides is 5. The summed E-state index contributed by atoms with van der Waals surface area (Å²) in [6.07, 6.45) is 17.0. The van der Waals surface area contributed by atoms with Crippen molar-refractivity contribution in [2.45, 2.75) is 205 Å². The van der Waals surface area contributed by atoms with Crippen LogP contribution < -0.4 is 27.0 Å². The van der Waals surface area contributed by atoms with Gasteiger partial charge in [0.2, 0.25) is 29.5 Å². The molecule has 79 heavy (non-hydrogen) atoms. The quantitative estimate of drug-likeness (QED) is 0.0370. The van der Waals surface area contributed by atoms with Gasteiger partial charge in [0.1, 0.15) is 31.1 Å². The maximum Gasteiger partial charge on any atom is 0.326 e. The third-order valence-corrected chi connectivity index (χ3v) is 13.0. The minimum absolute atomic E-state index is 0.000126. The Labute approximate surface area is 465 Å². The van der Waals surface area contributed by atoms with Gasteiger partial charge in [0.15, 0.2) is 5.78 Å². The van der Waals surface area contributed by atoms with Gasteiger partial charge in [0.05, 0.1) is 39.0 Å². The second kappa shape index (κ2) is 49.5. The van der Waals surface area contributed by atoms with E-state index in [9.17, 15) is 68.1 Å².